The summed E-state index contributed by atoms with van der Waals surface area (Å²) in [6.45, 7) is 3.68. The lowest BCUT2D eigenvalue weighted by Crippen LogP contribution is -2.32. The van der Waals surface area contributed by atoms with Crippen LogP contribution in [0.2, 0.25) is 5.02 Å². The first-order chi connectivity index (χ1) is 9.10. The number of halogens is 1. The molecule has 0 atom stereocenters. The van der Waals surface area contributed by atoms with Crippen LogP contribution in [0.15, 0.2) is 12.3 Å². The third-order valence-electron chi connectivity index (χ3n) is 3.78. The first kappa shape index (κ1) is 14.4. The summed E-state index contributed by atoms with van der Waals surface area (Å²) < 4.78 is 1.89. The zero-order valence-electron chi connectivity index (χ0n) is 11.3. The van der Waals surface area contributed by atoms with Crippen molar-refractivity contribution in [3.63, 3.8) is 0 Å². The maximum Gasteiger partial charge on any atom is 0.267 e. The van der Waals surface area contributed by atoms with Gasteiger partial charge in [0.25, 0.3) is 5.91 Å². The highest BCUT2D eigenvalue weighted by Gasteiger charge is 2.42. The van der Waals surface area contributed by atoms with E-state index < -0.39 is 0 Å². The van der Waals surface area contributed by atoms with E-state index in [0.29, 0.717) is 17.3 Å². The molecule has 1 saturated carbocycles. The second kappa shape index (κ2) is 5.97. The highest BCUT2D eigenvalue weighted by atomic mass is 35.5. The summed E-state index contributed by atoms with van der Waals surface area (Å²) >= 11 is 5.96. The van der Waals surface area contributed by atoms with E-state index in [0.717, 1.165) is 32.2 Å². The van der Waals surface area contributed by atoms with E-state index in [9.17, 15) is 4.79 Å². The van der Waals surface area contributed by atoms with Gasteiger partial charge in [-0.15, -0.1) is 0 Å². The lowest BCUT2D eigenvalue weighted by Gasteiger charge is -2.15. The minimum absolute atomic E-state index is 0.0791. The Morgan fingerprint density at radius 3 is 2.89 bits per heavy atom. The van der Waals surface area contributed by atoms with Gasteiger partial charge in [-0.1, -0.05) is 18.5 Å². The fraction of sp³-hybridized carbons (Fsp3) is 0.643. The Morgan fingerprint density at radius 2 is 2.32 bits per heavy atom. The van der Waals surface area contributed by atoms with Gasteiger partial charge in [0, 0.05) is 25.9 Å². The van der Waals surface area contributed by atoms with E-state index in [1.54, 1.807) is 12.3 Å². The van der Waals surface area contributed by atoms with Gasteiger partial charge >= 0.3 is 0 Å². The van der Waals surface area contributed by atoms with Crippen molar-refractivity contribution in [2.24, 2.45) is 5.41 Å². The number of carbonyl (C=O) groups excluding carboxylic acids is 1. The molecule has 0 saturated heterocycles. The average molecular weight is 285 g/mol. The van der Waals surface area contributed by atoms with Gasteiger partial charge < -0.3 is 15.0 Å². The molecule has 0 aliphatic heterocycles. The monoisotopic (exact) mass is 284 g/mol. The summed E-state index contributed by atoms with van der Waals surface area (Å²) in [5.41, 5.74) is 0.753. The third kappa shape index (κ3) is 3.51. The number of aromatic nitrogens is 1. The average Bonchev–Trinajstić information content (AvgIpc) is 3.04. The Bertz CT molecular complexity index is 452. The molecule has 5 heteroatoms. The first-order valence-electron chi connectivity index (χ1n) is 6.85. The van der Waals surface area contributed by atoms with Crippen LogP contribution in [0.25, 0.3) is 0 Å². The SMILES string of the molecule is CCCn1cc(Cl)cc1C(=O)NCC1(CCO)CC1. The Hall–Kier alpha value is -1.00. The number of nitrogens with one attached hydrogen (secondary N) is 1. The Kier molecular flexibility index (Phi) is 4.53. The number of aryl methyl sites for hydroxylation is 1. The van der Waals surface area contributed by atoms with Crippen molar-refractivity contribution in [2.75, 3.05) is 13.2 Å². The van der Waals surface area contributed by atoms with Crippen LogP contribution in [0.4, 0.5) is 0 Å². The topological polar surface area (TPSA) is 54.3 Å². The quantitative estimate of drug-likeness (QED) is 0.808. The van der Waals surface area contributed by atoms with Crippen molar-refractivity contribution in [3.8, 4) is 0 Å². The number of hydrogen-bond acceptors (Lipinski definition) is 2. The number of nitrogens with zero attached hydrogens (tertiary/aromatic N) is 1. The van der Waals surface area contributed by atoms with E-state index in [4.69, 9.17) is 16.7 Å². The van der Waals surface area contributed by atoms with Gasteiger partial charge in [0.05, 0.1) is 5.02 Å². The Labute approximate surface area is 118 Å². The number of aliphatic hydroxyl groups excluding tert-OH is 1. The van der Waals surface area contributed by atoms with Gasteiger partial charge in [0.1, 0.15) is 5.69 Å². The maximum absolute atomic E-state index is 12.2. The minimum atomic E-state index is -0.0791. The normalized spacial score (nSPS) is 16.4. The van der Waals surface area contributed by atoms with Crippen molar-refractivity contribution in [2.45, 2.75) is 39.2 Å². The highest BCUT2D eigenvalue weighted by Crippen LogP contribution is 2.47. The van der Waals surface area contributed by atoms with Crippen LogP contribution in [0.1, 0.15) is 43.1 Å². The molecule has 1 aliphatic rings. The molecular weight excluding hydrogens is 264 g/mol. The lowest BCUT2D eigenvalue weighted by atomic mass is 10.0. The second-order valence-electron chi connectivity index (χ2n) is 5.39. The third-order valence-corrected chi connectivity index (χ3v) is 3.99. The molecule has 4 nitrogen and oxygen atoms in total. The molecule has 106 valence electrons. The van der Waals surface area contributed by atoms with Crippen molar-refractivity contribution >= 4 is 17.5 Å². The molecule has 1 aliphatic carbocycles. The minimum Gasteiger partial charge on any atom is -0.396 e. The van der Waals surface area contributed by atoms with Crippen molar-refractivity contribution < 1.29 is 9.90 Å². The molecule has 1 amide bonds. The fourth-order valence-electron chi connectivity index (χ4n) is 2.38. The van der Waals surface area contributed by atoms with Crippen LogP contribution >= 0.6 is 11.6 Å². The Balaban J connectivity index is 1.96. The highest BCUT2D eigenvalue weighted by molar-refractivity contribution is 6.31. The molecular formula is C14H21ClN2O2. The van der Waals surface area contributed by atoms with Crippen molar-refractivity contribution in [3.05, 3.63) is 23.0 Å². The molecule has 0 spiro atoms. The van der Waals surface area contributed by atoms with Crippen LogP contribution in [0.5, 0.6) is 0 Å². The molecule has 0 unspecified atom stereocenters. The van der Waals surface area contributed by atoms with Crippen LogP contribution in [-0.4, -0.2) is 28.7 Å². The molecule has 0 aromatic carbocycles. The summed E-state index contributed by atoms with van der Waals surface area (Å²) in [5.74, 6) is -0.0791. The van der Waals surface area contributed by atoms with Gasteiger partial charge in [-0.25, -0.2) is 0 Å². The molecule has 1 aromatic rings. The zero-order chi connectivity index (χ0) is 13.9. The van der Waals surface area contributed by atoms with Gasteiger partial charge in [-0.2, -0.15) is 0 Å². The van der Waals surface area contributed by atoms with Gasteiger partial charge in [0.2, 0.25) is 0 Å². The maximum atomic E-state index is 12.2. The lowest BCUT2D eigenvalue weighted by molar-refractivity contribution is 0.0931. The number of amides is 1. The predicted molar refractivity (Wildman–Crippen MR) is 75.4 cm³/mol. The summed E-state index contributed by atoms with van der Waals surface area (Å²) in [5, 5.41) is 12.6. The summed E-state index contributed by atoms with van der Waals surface area (Å²) in [4.78, 5) is 12.2. The number of carbonyl (C=O) groups is 1. The second-order valence-corrected chi connectivity index (χ2v) is 5.83. The van der Waals surface area contributed by atoms with E-state index >= 15 is 0 Å². The number of hydrogen-bond donors (Lipinski definition) is 2. The van der Waals surface area contributed by atoms with Gasteiger partial charge in [-0.3, -0.25) is 4.79 Å². The molecule has 2 N–H and O–H groups in total. The summed E-state index contributed by atoms with van der Waals surface area (Å²) in [6.07, 6.45) is 5.69. The number of rotatable bonds is 7. The van der Waals surface area contributed by atoms with Crippen LogP contribution < -0.4 is 5.32 Å². The molecule has 1 heterocycles. The molecule has 0 bridgehead atoms. The van der Waals surface area contributed by atoms with E-state index in [-0.39, 0.29) is 17.9 Å². The van der Waals surface area contributed by atoms with E-state index in [1.807, 2.05) is 4.57 Å². The smallest absolute Gasteiger partial charge is 0.267 e. The molecule has 0 radical (unpaired) electrons. The van der Waals surface area contributed by atoms with E-state index in [1.165, 1.54) is 0 Å². The number of aliphatic hydroxyl groups is 1. The molecule has 2 rings (SSSR count). The van der Waals surface area contributed by atoms with Crippen molar-refractivity contribution in [1.82, 2.24) is 9.88 Å². The predicted octanol–water partition coefficient (Wildman–Crippen LogP) is 2.44. The summed E-state index contributed by atoms with van der Waals surface area (Å²) in [7, 11) is 0. The van der Waals surface area contributed by atoms with Crippen molar-refractivity contribution in [1.29, 1.82) is 0 Å². The van der Waals surface area contributed by atoms with Crippen LogP contribution in [0.3, 0.4) is 0 Å². The summed E-state index contributed by atoms with van der Waals surface area (Å²) in [6, 6.07) is 1.71. The standard InChI is InChI=1S/C14H21ClN2O2/c1-2-6-17-9-11(15)8-12(17)13(19)16-10-14(3-4-14)5-7-18/h8-9,18H,2-7,10H2,1H3,(H,16,19). The Morgan fingerprint density at radius 1 is 1.58 bits per heavy atom. The first-order valence-corrected chi connectivity index (χ1v) is 7.23. The molecule has 1 fully saturated rings. The fourth-order valence-corrected chi connectivity index (χ4v) is 2.60. The van der Waals surface area contributed by atoms with Gasteiger partial charge in [-0.05, 0) is 37.2 Å². The zero-order valence-corrected chi connectivity index (χ0v) is 12.0. The molecule has 19 heavy (non-hydrogen) atoms. The largest absolute Gasteiger partial charge is 0.396 e. The molecule has 1 aromatic heterocycles. The van der Waals surface area contributed by atoms with Gasteiger partial charge in [0.15, 0.2) is 0 Å². The van der Waals surface area contributed by atoms with Crippen LogP contribution in [-0.2, 0) is 6.54 Å². The van der Waals surface area contributed by atoms with Crippen LogP contribution in [0, 0.1) is 5.41 Å². The van der Waals surface area contributed by atoms with E-state index in [2.05, 4.69) is 12.2 Å².